The van der Waals surface area contributed by atoms with Crippen LogP contribution in [0.2, 0.25) is 0 Å². The van der Waals surface area contributed by atoms with Gasteiger partial charge in [-0.15, -0.1) is 11.6 Å². The van der Waals surface area contributed by atoms with Gasteiger partial charge < -0.3 is 9.30 Å². The average Bonchev–Trinajstić information content (AvgIpc) is 3.02. The van der Waals surface area contributed by atoms with Crippen molar-refractivity contribution in [2.24, 2.45) is 5.41 Å². The van der Waals surface area contributed by atoms with Crippen LogP contribution in [0.1, 0.15) is 36.4 Å². The van der Waals surface area contributed by atoms with E-state index in [4.69, 9.17) is 16.3 Å². The molecule has 1 aromatic heterocycles. The van der Waals surface area contributed by atoms with Crippen molar-refractivity contribution in [2.45, 2.75) is 43.0 Å². The van der Waals surface area contributed by atoms with Gasteiger partial charge in [-0.1, -0.05) is 12.2 Å². The summed E-state index contributed by atoms with van der Waals surface area (Å²) >= 11 is 6.11. The molecule has 4 rings (SSSR count). The number of hydrogen-bond donors (Lipinski definition) is 0. The number of pyridine rings is 1. The number of alkyl halides is 3. The summed E-state index contributed by atoms with van der Waals surface area (Å²) in [7, 11) is 1.54. The quantitative estimate of drug-likeness (QED) is 0.780. The molecule has 0 aliphatic heterocycles. The van der Waals surface area contributed by atoms with Crippen LogP contribution in [0.25, 0.3) is 6.08 Å². The first-order valence-electron chi connectivity index (χ1n) is 7.39. The molecule has 6 heteroatoms. The summed E-state index contributed by atoms with van der Waals surface area (Å²) in [6, 6.07) is -0.167. The number of halogens is 3. The van der Waals surface area contributed by atoms with Gasteiger partial charge in [-0.25, -0.2) is 8.78 Å². The zero-order valence-electron chi connectivity index (χ0n) is 12.1. The fourth-order valence-electron chi connectivity index (χ4n) is 3.81. The third kappa shape index (κ3) is 1.81. The standard InChI is InChI=1S/C16H16ClF2NO2/c1-22-13-7-20(10-5-15(6-10)8-16(15,18)19)14(21)12-4-9(17)2-3-11(12)13/h2-3,7,9-10H,4-6,8H2,1H3. The summed E-state index contributed by atoms with van der Waals surface area (Å²) in [6.45, 7) is 0. The lowest BCUT2D eigenvalue weighted by atomic mass is 9.76. The first-order chi connectivity index (χ1) is 10.4. The van der Waals surface area contributed by atoms with Gasteiger partial charge in [0.25, 0.3) is 11.5 Å². The SMILES string of the molecule is COc1cn(C2CC3(C2)CC3(F)F)c(=O)c2c1C=CC(Cl)C2. The van der Waals surface area contributed by atoms with Crippen LogP contribution in [-0.2, 0) is 6.42 Å². The van der Waals surface area contributed by atoms with Crippen LogP contribution in [0.5, 0.6) is 5.75 Å². The maximum Gasteiger partial charge on any atom is 0.254 e. The molecule has 118 valence electrons. The maximum atomic E-state index is 13.4. The summed E-state index contributed by atoms with van der Waals surface area (Å²) in [4.78, 5) is 12.7. The Morgan fingerprint density at radius 3 is 2.68 bits per heavy atom. The normalized spacial score (nSPS) is 34.2. The van der Waals surface area contributed by atoms with Crippen molar-refractivity contribution >= 4 is 17.7 Å². The highest BCUT2D eigenvalue weighted by atomic mass is 35.5. The number of hydrogen-bond acceptors (Lipinski definition) is 2. The van der Waals surface area contributed by atoms with Gasteiger partial charge in [-0.2, -0.15) is 0 Å². The number of methoxy groups -OCH3 is 1. The zero-order chi connectivity index (χ0) is 15.7. The van der Waals surface area contributed by atoms with Gasteiger partial charge in [0, 0.05) is 29.0 Å². The summed E-state index contributed by atoms with van der Waals surface area (Å²) in [6.07, 6.45) is 6.41. The molecule has 1 spiro atoms. The third-order valence-corrected chi connectivity index (χ3v) is 5.59. The Hall–Kier alpha value is -1.36. The molecule has 0 bridgehead atoms. The molecule has 0 N–H and O–H groups in total. The molecule has 1 heterocycles. The first-order valence-corrected chi connectivity index (χ1v) is 7.83. The number of rotatable bonds is 2. The lowest BCUT2D eigenvalue weighted by Gasteiger charge is -2.37. The van der Waals surface area contributed by atoms with E-state index in [0.717, 1.165) is 5.56 Å². The molecule has 0 aromatic carbocycles. The Bertz CT molecular complexity index is 734. The number of fused-ring (bicyclic) bond motifs is 1. The molecule has 0 radical (unpaired) electrons. The van der Waals surface area contributed by atoms with Crippen LogP contribution >= 0.6 is 11.6 Å². The van der Waals surface area contributed by atoms with E-state index in [9.17, 15) is 13.6 Å². The lowest BCUT2D eigenvalue weighted by molar-refractivity contribution is 0.00472. The summed E-state index contributed by atoms with van der Waals surface area (Å²) < 4.78 is 33.6. The largest absolute Gasteiger partial charge is 0.495 e. The average molecular weight is 328 g/mol. The van der Waals surface area contributed by atoms with Crippen LogP contribution in [0, 0.1) is 5.41 Å². The van der Waals surface area contributed by atoms with Gasteiger partial charge in [0.2, 0.25) is 0 Å². The Kier molecular flexibility index (Phi) is 2.81. The van der Waals surface area contributed by atoms with E-state index in [0.29, 0.717) is 30.6 Å². The molecule has 1 unspecified atom stereocenters. The van der Waals surface area contributed by atoms with E-state index in [1.165, 1.54) is 0 Å². The van der Waals surface area contributed by atoms with Gasteiger partial charge in [-0.3, -0.25) is 4.79 Å². The minimum Gasteiger partial charge on any atom is -0.495 e. The predicted molar refractivity (Wildman–Crippen MR) is 79.9 cm³/mol. The number of allylic oxidation sites excluding steroid dienone is 1. The Balaban J connectivity index is 1.72. The number of aromatic nitrogens is 1. The van der Waals surface area contributed by atoms with Crippen LogP contribution in [0.3, 0.4) is 0 Å². The van der Waals surface area contributed by atoms with Gasteiger partial charge in [0.1, 0.15) is 5.75 Å². The molecule has 3 aliphatic carbocycles. The number of nitrogens with zero attached hydrogens (tertiary/aromatic N) is 1. The molecule has 2 saturated carbocycles. The van der Waals surface area contributed by atoms with Crippen molar-refractivity contribution in [3.8, 4) is 5.75 Å². The summed E-state index contributed by atoms with van der Waals surface area (Å²) in [5, 5.41) is -0.221. The molecular formula is C16H16ClF2NO2. The first kappa shape index (κ1) is 14.2. The third-order valence-electron chi connectivity index (χ3n) is 5.29. The van der Waals surface area contributed by atoms with E-state index < -0.39 is 11.3 Å². The highest BCUT2D eigenvalue weighted by molar-refractivity contribution is 6.22. The highest BCUT2D eigenvalue weighted by Gasteiger charge is 2.75. The summed E-state index contributed by atoms with van der Waals surface area (Å²) in [5.41, 5.74) is 0.390. The van der Waals surface area contributed by atoms with Crippen molar-refractivity contribution in [3.05, 3.63) is 33.8 Å². The van der Waals surface area contributed by atoms with Crippen LogP contribution < -0.4 is 10.3 Å². The topological polar surface area (TPSA) is 31.2 Å². The molecule has 1 aromatic rings. The van der Waals surface area contributed by atoms with E-state index in [-0.39, 0.29) is 23.4 Å². The highest BCUT2D eigenvalue weighted by Crippen LogP contribution is 2.73. The van der Waals surface area contributed by atoms with Crippen LogP contribution in [0.4, 0.5) is 8.78 Å². The summed E-state index contributed by atoms with van der Waals surface area (Å²) in [5.74, 6) is -1.95. The molecule has 0 amide bonds. The molecule has 2 fully saturated rings. The van der Waals surface area contributed by atoms with Gasteiger partial charge in [0.15, 0.2) is 0 Å². The molecule has 22 heavy (non-hydrogen) atoms. The fourth-order valence-corrected chi connectivity index (χ4v) is 4.04. The fraction of sp³-hybridized carbons (Fsp3) is 0.562. The Labute approximate surface area is 131 Å². The van der Waals surface area contributed by atoms with Crippen molar-refractivity contribution in [1.29, 1.82) is 0 Å². The lowest BCUT2D eigenvalue weighted by Crippen LogP contribution is -2.39. The molecule has 0 saturated heterocycles. The minimum atomic E-state index is -2.55. The Morgan fingerprint density at radius 1 is 1.41 bits per heavy atom. The number of ether oxygens (including phenoxy) is 1. The predicted octanol–water partition coefficient (Wildman–Crippen LogP) is 3.39. The zero-order valence-corrected chi connectivity index (χ0v) is 12.9. The Morgan fingerprint density at radius 2 is 2.09 bits per heavy atom. The second-order valence-electron chi connectivity index (χ2n) is 6.60. The molecule has 3 nitrogen and oxygen atoms in total. The van der Waals surface area contributed by atoms with Crippen molar-refractivity contribution in [2.75, 3.05) is 7.11 Å². The van der Waals surface area contributed by atoms with Crippen molar-refractivity contribution in [3.63, 3.8) is 0 Å². The van der Waals surface area contributed by atoms with Gasteiger partial charge in [0.05, 0.1) is 18.7 Å². The minimum absolute atomic E-state index is 0.0418. The second-order valence-corrected chi connectivity index (χ2v) is 7.17. The van der Waals surface area contributed by atoms with Crippen LogP contribution in [-0.4, -0.2) is 23.0 Å². The second kappa shape index (κ2) is 4.34. The molecular weight excluding hydrogens is 312 g/mol. The smallest absolute Gasteiger partial charge is 0.254 e. The van der Waals surface area contributed by atoms with Gasteiger partial charge >= 0.3 is 0 Å². The monoisotopic (exact) mass is 327 g/mol. The van der Waals surface area contributed by atoms with Crippen molar-refractivity contribution < 1.29 is 13.5 Å². The van der Waals surface area contributed by atoms with Crippen LogP contribution in [0.15, 0.2) is 17.1 Å². The maximum absolute atomic E-state index is 13.4. The molecule has 3 aliphatic rings. The van der Waals surface area contributed by atoms with E-state index in [2.05, 4.69) is 0 Å². The van der Waals surface area contributed by atoms with E-state index >= 15 is 0 Å². The van der Waals surface area contributed by atoms with E-state index in [1.807, 2.05) is 6.08 Å². The van der Waals surface area contributed by atoms with Gasteiger partial charge in [-0.05, 0) is 19.3 Å². The van der Waals surface area contributed by atoms with Crippen molar-refractivity contribution in [1.82, 2.24) is 4.57 Å². The van der Waals surface area contributed by atoms with E-state index in [1.54, 1.807) is 23.9 Å². The molecule has 1 atom stereocenters.